The molecule has 3 aromatic rings. The SMILES string of the molecule is CC(Cc1c[nH]c2ccccc12)(NC(=O)OC(CO)Cc1ccccc1)C(N)=O. The van der Waals surface area contributed by atoms with Crippen LogP contribution in [0.4, 0.5) is 4.79 Å². The summed E-state index contributed by atoms with van der Waals surface area (Å²) in [4.78, 5) is 27.8. The van der Waals surface area contributed by atoms with Crippen LogP contribution < -0.4 is 11.1 Å². The molecule has 7 heteroatoms. The summed E-state index contributed by atoms with van der Waals surface area (Å²) in [5.74, 6) is -0.677. The van der Waals surface area contributed by atoms with Crippen LogP contribution in [0.25, 0.3) is 10.9 Å². The molecule has 29 heavy (non-hydrogen) atoms. The molecule has 7 nitrogen and oxygen atoms in total. The van der Waals surface area contributed by atoms with E-state index in [1.165, 1.54) is 0 Å². The number of aromatic nitrogens is 1. The van der Waals surface area contributed by atoms with Crippen LogP contribution in [-0.4, -0.2) is 40.3 Å². The second-order valence-electron chi connectivity index (χ2n) is 7.26. The molecule has 0 saturated carbocycles. The first-order chi connectivity index (χ1) is 13.9. The lowest BCUT2D eigenvalue weighted by Gasteiger charge is -2.28. The Hall–Kier alpha value is -3.32. The zero-order valence-electron chi connectivity index (χ0n) is 16.2. The number of aliphatic hydroxyl groups excluding tert-OH is 1. The van der Waals surface area contributed by atoms with Crippen LogP contribution in [-0.2, 0) is 22.4 Å². The van der Waals surface area contributed by atoms with Crippen molar-refractivity contribution in [1.29, 1.82) is 0 Å². The minimum atomic E-state index is -1.35. The highest BCUT2D eigenvalue weighted by Gasteiger charge is 2.35. The van der Waals surface area contributed by atoms with Gasteiger partial charge in [0.05, 0.1) is 6.61 Å². The fourth-order valence-corrected chi connectivity index (χ4v) is 3.28. The number of para-hydroxylation sites is 1. The van der Waals surface area contributed by atoms with Crippen molar-refractivity contribution in [2.24, 2.45) is 5.73 Å². The number of primary amides is 1. The number of hydrogen-bond acceptors (Lipinski definition) is 4. The van der Waals surface area contributed by atoms with Gasteiger partial charge in [-0.05, 0) is 24.1 Å². The van der Waals surface area contributed by atoms with Gasteiger partial charge in [0.2, 0.25) is 5.91 Å². The highest BCUT2D eigenvalue weighted by Crippen LogP contribution is 2.22. The Balaban J connectivity index is 1.70. The Labute approximate surface area is 168 Å². The maximum absolute atomic E-state index is 12.5. The van der Waals surface area contributed by atoms with Crippen LogP contribution in [0, 0.1) is 0 Å². The number of nitrogens with one attached hydrogen (secondary N) is 2. The number of fused-ring (bicyclic) bond motifs is 1. The minimum Gasteiger partial charge on any atom is -0.443 e. The second kappa shape index (κ2) is 8.79. The van der Waals surface area contributed by atoms with E-state index in [4.69, 9.17) is 10.5 Å². The number of hydrogen-bond donors (Lipinski definition) is 4. The van der Waals surface area contributed by atoms with Gasteiger partial charge in [0.25, 0.3) is 0 Å². The lowest BCUT2D eigenvalue weighted by atomic mass is 9.92. The molecule has 2 aromatic carbocycles. The highest BCUT2D eigenvalue weighted by atomic mass is 16.6. The van der Waals surface area contributed by atoms with E-state index >= 15 is 0 Å². The monoisotopic (exact) mass is 395 g/mol. The van der Waals surface area contributed by atoms with Gasteiger partial charge in [-0.3, -0.25) is 4.79 Å². The van der Waals surface area contributed by atoms with E-state index in [1.807, 2.05) is 54.6 Å². The van der Waals surface area contributed by atoms with Crippen molar-refractivity contribution in [3.8, 4) is 0 Å². The molecular formula is C22H25N3O4. The third kappa shape index (κ3) is 4.94. The summed E-state index contributed by atoms with van der Waals surface area (Å²) in [7, 11) is 0. The molecule has 0 spiro atoms. The van der Waals surface area contributed by atoms with Gasteiger partial charge in [0.1, 0.15) is 11.6 Å². The molecule has 2 atom stereocenters. The normalized spacial score (nSPS) is 14.1. The number of carbonyl (C=O) groups is 2. The van der Waals surface area contributed by atoms with Crippen LogP contribution in [0.3, 0.4) is 0 Å². The van der Waals surface area contributed by atoms with Crippen molar-refractivity contribution in [1.82, 2.24) is 10.3 Å². The van der Waals surface area contributed by atoms with Gasteiger partial charge in [0.15, 0.2) is 0 Å². The number of carbonyl (C=O) groups excluding carboxylic acids is 2. The number of H-pyrrole nitrogens is 1. The maximum Gasteiger partial charge on any atom is 0.408 e. The van der Waals surface area contributed by atoms with Crippen molar-refractivity contribution in [2.45, 2.75) is 31.4 Å². The molecule has 1 aromatic heterocycles. The summed E-state index contributed by atoms with van der Waals surface area (Å²) in [6.07, 6.45) is 0.818. The summed E-state index contributed by atoms with van der Waals surface area (Å²) in [5, 5.41) is 13.1. The topological polar surface area (TPSA) is 117 Å². The van der Waals surface area contributed by atoms with E-state index in [1.54, 1.807) is 13.1 Å². The minimum absolute atomic E-state index is 0.198. The predicted octanol–water partition coefficient (Wildman–Crippen LogP) is 2.28. The van der Waals surface area contributed by atoms with Gasteiger partial charge >= 0.3 is 6.09 Å². The van der Waals surface area contributed by atoms with E-state index < -0.39 is 23.6 Å². The third-order valence-electron chi connectivity index (χ3n) is 4.92. The number of alkyl carbamates (subject to hydrolysis) is 1. The number of nitrogens with two attached hydrogens (primary N) is 1. The number of ether oxygens (including phenoxy) is 1. The van der Waals surface area contributed by atoms with Crippen molar-refractivity contribution < 1.29 is 19.4 Å². The average Bonchev–Trinajstić information content (AvgIpc) is 3.10. The molecule has 0 aliphatic carbocycles. The summed E-state index contributed by atoms with van der Waals surface area (Å²) >= 11 is 0. The molecule has 0 aliphatic heterocycles. The van der Waals surface area contributed by atoms with Crippen molar-refractivity contribution in [2.75, 3.05) is 6.61 Å². The average molecular weight is 395 g/mol. The van der Waals surface area contributed by atoms with E-state index in [0.717, 1.165) is 22.0 Å². The first-order valence-electron chi connectivity index (χ1n) is 9.40. The molecule has 0 fully saturated rings. The lowest BCUT2D eigenvalue weighted by molar-refractivity contribution is -0.123. The molecule has 0 bridgehead atoms. The molecule has 5 N–H and O–H groups in total. The molecule has 2 amide bonds. The number of aliphatic hydroxyl groups is 1. The molecular weight excluding hydrogens is 370 g/mol. The number of benzene rings is 2. The van der Waals surface area contributed by atoms with E-state index in [2.05, 4.69) is 10.3 Å². The summed E-state index contributed by atoms with van der Waals surface area (Å²) in [6, 6.07) is 17.1. The smallest absolute Gasteiger partial charge is 0.408 e. The van der Waals surface area contributed by atoms with E-state index in [0.29, 0.717) is 6.42 Å². The second-order valence-corrected chi connectivity index (χ2v) is 7.26. The van der Waals surface area contributed by atoms with Gasteiger partial charge in [-0.25, -0.2) is 4.79 Å². The standard InChI is InChI=1S/C22H25N3O4/c1-22(20(23)27,12-16-13-24-19-10-6-5-9-18(16)19)25-21(28)29-17(14-26)11-15-7-3-2-4-8-15/h2-10,13,17,24,26H,11-12,14H2,1H3,(H2,23,27)(H,25,28). The highest BCUT2D eigenvalue weighted by molar-refractivity contribution is 5.90. The molecule has 0 aliphatic rings. The van der Waals surface area contributed by atoms with Crippen molar-refractivity contribution >= 4 is 22.9 Å². The molecule has 0 radical (unpaired) electrons. The number of rotatable bonds is 8. The molecule has 0 saturated heterocycles. The van der Waals surface area contributed by atoms with Gasteiger partial charge in [-0.2, -0.15) is 0 Å². The van der Waals surface area contributed by atoms with Gasteiger partial charge < -0.3 is 25.9 Å². The molecule has 1 heterocycles. The third-order valence-corrected chi connectivity index (χ3v) is 4.92. The number of aromatic amines is 1. The predicted molar refractivity (Wildman–Crippen MR) is 110 cm³/mol. The first kappa shape index (κ1) is 20.4. The Kier molecular flexibility index (Phi) is 6.19. The lowest BCUT2D eigenvalue weighted by Crippen LogP contribution is -2.57. The van der Waals surface area contributed by atoms with Crippen LogP contribution in [0.5, 0.6) is 0 Å². The Morgan fingerprint density at radius 3 is 2.55 bits per heavy atom. The van der Waals surface area contributed by atoms with Crippen LogP contribution in [0.2, 0.25) is 0 Å². The molecule has 3 rings (SSSR count). The zero-order chi connectivity index (χ0) is 20.9. The zero-order valence-corrected chi connectivity index (χ0v) is 16.2. The Bertz CT molecular complexity index is 986. The Morgan fingerprint density at radius 2 is 1.86 bits per heavy atom. The van der Waals surface area contributed by atoms with E-state index in [9.17, 15) is 14.7 Å². The molecule has 152 valence electrons. The first-order valence-corrected chi connectivity index (χ1v) is 9.40. The van der Waals surface area contributed by atoms with E-state index in [-0.39, 0.29) is 13.0 Å². The summed E-state index contributed by atoms with van der Waals surface area (Å²) < 4.78 is 5.34. The molecule has 2 unspecified atom stereocenters. The van der Waals surface area contributed by atoms with Gasteiger partial charge in [0, 0.05) is 29.9 Å². The van der Waals surface area contributed by atoms with Crippen molar-refractivity contribution in [3.05, 3.63) is 71.9 Å². The summed E-state index contributed by atoms with van der Waals surface area (Å²) in [6.45, 7) is 1.22. The summed E-state index contributed by atoms with van der Waals surface area (Å²) in [5.41, 5.74) is 6.95. The van der Waals surface area contributed by atoms with Crippen LogP contribution in [0.15, 0.2) is 60.8 Å². The number of amides is 2. The quantitative estimate of drug-likeness (QED) is 0.468. The van der Waals surface area contributed by atoms with Crippen LogP contribution in [0.1, 0.15) is 18.1 Å². The Morgan fingerprint density at radius 1 is 1.17 bits per heavy atom. The van der Waals surface area contributed by atoms with Crippen molar-refractivity contribution in [3.63, 3.8) is 0 Å². The largest absolute Gasteiger partial charge is 0.443 e. The maximum atomic E-state index is 12.5. The fraction of sp³-hybridized carbons (Fsp3) is 0.273. The van der Waals surface area contributed by atoms with Crippen LogP contribution >= 0.6 is 0 Å². The van der Waals surface area contributed by atoms with Gasteiger partial charge in [-0.1, -0.05) is 48.5 Å². The fourth-order valence-electron chi connectivity index (χ4n) is 3.28. The van der Waals surface area contributed by atoms with Gasteiger partial charge in [-0.15, -0.1) is 0 Å².